The minimum Gasteiger partial charge on any atom is -0.379 e. The molecule has 100 valence electrons. The number of nitrogens with zero attached hydrogens (tertiary/aromatic N) is 1. The van der Waals surface area contributed by atoms with E-state index in [0.717, 1.165) is 32.7 Å². The number of benzene rings is 1. The number of ether oxygens (including phenoxy) is 1. The zero-order chi connectivity index (χ0) is 12.8. The van der Waals surface area contributed by atoms with Crippen molar-refractivity contribution < 1.29 is 4.74 Å². The van der Waals surface area contributed by atoms with Gasteiger partial charge in [-0.05, 0) is 32.3 Å². The molecule has 1 atom stereocenters. The van der Waals surface area contributed by atoms with E-state index in [1.54, 1.807) is 0 Å². The van der Waals surface area contributed by atoms with Gasteiger partial charge in [-0.25, -0.2) is 5.01 Å². The molecule has 1 fully saturated rings. The molecule has 0 saturated carbocycles. The molecule has 3 nitrogen and oxygen atoms in total. The van der Waals surface area contributed by atoms with Crippen LogP contribution >= 0.6 is 0 Å². The van der Waals surface area contributed by atoms with Crippen LogP contribution in [0, 0.1) is 6.92 Å². The molecular formula is C15H24N2O. The molecule has 1 aliphatic heterocycles. The molecule has 1 saturated heterocycles. The molecule has 1 aliphatic rings. The van der Waals surface area contributed by atoms with E-state index >= 15 is 0 Å². The molecule has 2 rings (SSSR count). The maximum Gasteiger partial charge on any atom is 0.0608 e. The first kappa shape index (κ1) is 13.5. The Morgan fingerprint density at radius 1 is 1.33 bits per heavy atom. The van der Waals surface area contributed by atoms with Gasteiger partial charge in [-0.3, -0.25) is 5.43 Å². The van der Waals surface area contributed by atoms with Crippen molar-refractivity contribution in [3.05, 3.63) is 35.4 Å². The van der Waals surface area contributed by atoms with Gasteiger partial charge in [-0.2, -0.15) is 0 Å². The van der Waals surface area contributed by atoms with Gasteiger partial charge in [0.05, 0.1) is 13.2 Å². The second kappa shape index (κ2) is 6.88. The maximum absolute atomic E-state index is 5.34. The Bertz CT molecular complexity index is 361. The van der Waals surface area contributed by atoms with E-state index in [-0.39, 0.29) is 0 Å². The Hall–Kier alpha value is -0.900. The zero-order valence-corrected chi connectivity index (χ0v) is 11.5. The molecule has 3 heteroatoms. The van der Waals surface area contributed by atoms with E-state index in [4.69, 9.17) is 4.74 Å². The fourth-order valence-electron chi connectivity index (χ4n) is 2.32. The summed E-state index contributed by atoms with van der Waals surface area (Å²) in [5.74, 6) is 0. The van der Waals surface area contributed by atoms with Crippen LogP contribution in [0.1, 0.15) is 24.5 Å². The van der Waals surface area contributed by atoms with Crippen LogP contribution < -0.4 is 5.43 Å². The third-order valence-corrected chi connectivity index (χ3v) is 3.36. The summed E-state index contributed by atoms with van der Waals surface area (Å²) in [5.41, 5.74) is 6.34. The van der Waals surface area contributed by atoms with E-state index < -0.39 is 0 Å². The first-order chi connectivity index (χ1) is 8.74. The number of aryl methyl sites for hydroxylation is 2. The highest BCUT2D eigenvalue weighted by Crippen LogP contribution is 2.08. The largest absolute Gasteiger partial charge is 0.379 e. The van der Waals surface area contributed by atoms with E-state index in [9.17, 15) is 0 Å². The summed E-state index contributed by atoms with van der Waals surface area (Å²) in [6.07, 6.45) is 2.31. The number of rotatable bonds is 5. The third-order valence-electron chi connectivity index (χ3n) is 3.36. The smallest absolute Gasteiger partial charge is 0.0608 e. The molecule has 0 spiro atoms. The van der Waals surface area contributed by atoms with E-state index in [1.165, 1.54) is 17.5 Å². The molecule has 0 aliphatic carbocycles. The molecular weight excluding hydrogens is 224 g/mol. The summed E-state index contributed by atoms with van der Waals surface area (Å²) in [6, 6.07) is 9.31. The lowest BCUT2D eigenvalue weighted by Crippen LogP contribution is -2.49. The molecule has 0 aromatic heterocycles. The topological polar surface area (TPSA) is 24.5 Å². The fourth-order valence-corrected chi connectivity index (χ4v) is 2.32. The Balaban J connectivity index is 1.72. The van der Waals surface area contributed by atoms with Crippen molar-refractivity contribution in [2.45, 2.75) is 32.7 Å². The average Bonchev–Trinajstić information content (AvgIpc) is 2.38. The lowest BCUT2D eigenvalue weighted by atomic mass is 10.0. The van der Waals surface area contributed by atoms with Gasteiger partial charge < -0.3 is 4.74 Å². The van der Waals surface area contributed by atoms with Crippen LogP contribution in [0.4, 0.5) is 0 Å². The van der Waals surface area contributed by atoms with E-state index in [1.807, 2.05) is 0 Å². The Morgan fingerprint density at radius 3 is 2.83 bits per heavy atom. The Kier molecular flexibility index (Phi) is 5.17. The van der Waals surface area contributed by atoms with Crippen molar-refractivity contribution in [3.63, 3.8) is 0 Å². The van der Waals surface area contributed by atoms with Crippen molar-refractivity contribution in [3.8, 4) is 0 Å². The second-order valence-corrected chi connectivity index (χ2v) is 5.16. The molecule has 1 aromatic rings. The Labute approximate surface area is 110 Å². The molecule has 1 N–H and O–H groups in total. The van der Waals surface area contributed by atoms with E-state index in [2.05, 4.69) is 48.5 Å². The van der Waals surface area contributed by atoms with Crippen LogP contribution in [-0.2, 0) is 11.2 Å². The van der Waals surface area contributed by atoms with Gasteiger partial charge in [-0.1, -0.05) is 29.8 Å². The number of hydrazine groups is 1. The highest BCUT2D eigenvalue weighted by molar-refractivity contribution is 5.22. The van der Waals surface area contributed by atoms with Crippen molar-refractivity contribution in [2.24, 2.45) is 0 Å². The SMILES string of the molecule is Cc1cccc(CCC(C)NN2CCOCC2)c1. The van der Waals surface area contributed by atoms with Gasteiger partial charge in [0, 0.05) is 19.1 Å². The standard InChI is InChI=1S/C15H24N2O/c1-13-4-3-5-15(12-13)7-6-14(2)16-17-8-10-18-11-9-17/h3-5,12,14,16H,6-11H2,1-2H3. The summed E-state index contributed by atoms with van der Waals surface area (Å²) in [7, 11) is 0. The first-order valence-electron chi connectivity index (χ1n) is 6.88. The minimum atomic E-state index is 0.517. The highest BCUT2D eigenvalue weighted by Gasteiger charge is 2.12. The van der Waals surface area contributed by atoms with Crippen LogP contribution in [-0.4, -0.2) is 37.4 Å². The molecule has 0 amide bonds. The quantitative estimate of drug-likeness (QED) is 0.864. The molecule has 18 heavy (non-hydrogen) atoms. The third kappa shape index (κ3) is 4.41. The molecule has 1 aromatic carbocycles. The van der Waals surface area contributed by atoms with Crippen LogP contribution in [0.25, 0.3) is 0 Å². The molecule has 0 radical (unpaired) electrons. The van der Waals surface area contributed by atoms with Gasteiger partial charge >= 0.3 is 0 Å². The first-order valence-corrected chi connectivity index (χ1v) is 6.88. The summed E-state index contributed by atoms with van der Waals surface area (Å²) >= 11 is 0. The van der Waals surface area contributed by atoms with E-state index in [0.29, 0.717) is 6.04 Å². The number of hydrogen-bond donors (Lipinski definition) is 1. The molecule has 0 bridgehead atoms. The van der Waals surface area contributed by atoms with Crippen molar-refractivity contribution in [1.82, 2.24) is 10.4 Å². The van der Waals surface area contributed by atoms with Crippen molar-refractivity contribution in [1.29, 1.82) is 0 Å². The summed E-state index contributed by atoms with van der Waals surface area (Å²) in [5, 5.41) is 2.28. The van der Waals surface area contributed by atoms with Crippen LogP contribution in [0.2, 0.25) is 0 Å². The van der Waals surface area contributed by atoms with Crippen LogP contribution in [0.5, 0.6) is 0 Å². The summed E-state index contributed by atoms with van der Waals surface area (Å²) < 4.78 is 5.34. The predicted octanol–water partition coefficient (Wildman–Crippen LogP) is 2.15. The maximum atomic E-state index is 5.34. The lowest BCUT2D eigenvalue weighted by molar-refractivity contribution is 0.00446. The number of nitrogens with one attached hydrogen (secondary N) is 1. The van der Waals surface area contributed by atoms with Gasteiger partial charge in [-0.15, -0.1) is 0 Å². The van der Waals surface area contributed by atoms with Gasteiger partial charge in [0.2, 0.25) is 0 Å². The number of morpholine rings is 1. The normalized spacial score (nSPS) is 18.8. The van der Waals surface area contributed by atoms with Crippen molar-refractivity contribution >= 4 is 0 Å². The van der Waals surface area contributed by atoms with Crippen LogP contribution in [0.3, 0.4) is 0 Å². The van der Waals surface area contributed by atoms with Crippen LogP contribution in [0.15, 0.2) is 24.3 Å². The molecule has 1 unspecified atom stereocenters. The second-order valence-electron chi connectivity index (χ2n) is 5.16. The number of hydrogen-bond acceptors (Lipinski definition) is 3. The van der Waals surface area contributed by atoms with Gasteiger partial charge in [0.25, 0.3) is 0 Å². The van der Waals surface area contributed by atoms with Crippen molar-refractivity contribution in [2.75, 3.05) is 26.3 Å². The summed E-state index contributed by atoms with van der Waals surface area (Å²) in [4.78, 5) is 0. The average molecular weight is 248 g/mol. The zero-order valence-electron chi connectivity index (χ0n) is 11.5. The summed E-state index contributed by atoms with van der Waals surface area (Å²) in [6.45, 7) is 8.09. The predicted molar refractivity (Wildman–Crippen MR) is 74.5 cm³/mol. The Morgan fingerprint density at radius 2 is 2.11 bits per heavy atom. The molecule has 1 heterocycles. The fraction of sp³-hybridized carbons (Fsp3) is 0.600. The highest BCUT2D eigenvalue weighted by atomic mass is 16.5. The van der Waals surface area contributed by atoms with Gasteiger partial charge in [0.15, 0.2) is 0 Å². The van der Waals surface area contributed by atoms with Gasteiger partial charge in [0.1, 0.15) is 0 Å². The monoisotopic (exact) mass is 248 g/mol. The lowest BCUT2D eigenvalue weighted by Gasteiger charge is -2.30. The minimum absolute atomic E-state index is 0.517.